The van der Waals surface area contributed by atoms with E-state index in [1.54, 1.807) is 12.4 Å². The van der Waals surface area contributed by atoms with Crippen LogP contribution in [-0.2, 0) is 25.7 Å². The number of hydrogen-bond acceptors (Lipinski definition) is 3. The van der Waals surface area contributed by atoms with E-state index in [-0.39, 0.29) is 6.54 Å². The largest absolute Gasteiger partial charge is 0.449 e. The van der Waals surface area contributed by atoms with Crippen molar-refractivity contribution >= 4 is 17.3 Å². The smallest absolute Gasteiger partial charge is 0.366 e. The predicted molar refractivity (Wildman–Crippen MR) is 96.8 cm³/mol. The van der Waals surface area contributed by atoms with Gasteiger partial charge in [-0.15, -0.1) is 0 Å². The fraction of sp³-hybridized carbons (Fsp3) is 0.263. The lowest BCUT2D eigenvalue weighted by Gasteiger charge is -2.31. The van der Waals surface area contributed by atoms with E-state index < -0.39 is 12.0 Å². The first-order valence-electron chi connectivity index (χ1n) is 8.44. The second kappa shape index (κ2) is 6.88. The Morgan fingerprint density at radius 2 is 1.96 bits per heavy atom. The molecular formula is C19H16ClF3N4. The Hall–Kier alpha value is -2.54. The molecule has 4 nitrogen and oxygen atoms in total. The number of halogens is 4. The molecule has 27 heavy (non-hydrogen) atoms. The Labute approximate surface area is 159 Å². The van der Waals surface area contributed by atoms with Crippen molar-refractivity contribution in [3.63, 3.8) is 0 Å². The molecule has 0 saturated heterocycles. The molecule has 2 aromatic heterocycles. The molecule has 0 aliphatic carbocycles. The summed E-state index contributed by atoms with van der Waals surface area (Å²) < 4.78 is 40.1. The van der Waals surface area contributed by atoms with Crippen molar-refractivity contribution < 1.29 is 13.2 Å². The zero-order valence-corrected chi connectivity index (χ0v) is 15.0. The maximum Gasteiger partial charge on any atom is 0.449 e. The second-order valence-electron chi connectivity index (χ2n) is 6.51. The highest BCUT2D eigenvalue weighted by atomic mass is 35.5. The summed E-state index contributed by atoms with van der Waals surface area (Å²) >= 11 is 6.05. The lowest BCUT2D eigenvalue weighted by Crippen LogP contribution is -2.30. The van der Waals surface area contributed by atoms with Crippen LogP contribution in [0.4, 0.5) is 18.9 Å². The third-order valence-electron chi connectivity index (χ3n) is 4.65. The van der Waals surface area contributed by atoms with Gasteiger partial charge in [0.15, 0.2) is 0 Å². The van der Waals surface area contributed by atoms with Crippen LogP contribution in [0, 0.1) is 0 Å². The monoisotopic (exact) mass is 392 g/mol. The van der Waals surface area contributed by atoms with Gasteiger partial charge in [-0.2, -0.15) is 13.2 Å². The maximum absolute atomic E-state index is 13.0. The summed E-state index contributed by atoms with van der Waals surface area (Å²) in [5.41, 5.74) is 4.01. The Kier molecular flexibility index (Phi) is 4.55. The van der Waals surface area contributed by atoms with E-state index in [0.717, 1.165) is 41.0 Å². The molecule has 0 saturated carbocycles. The van der Waals surface area contributed by atoms with Crippen LogP contribution in [0.5, 0.6) is 0 Å². The molecule has 3 heterocycles. The standard InChI is InChI=1S/C19H16ClF3N4/c20-16-2-1-15-12-26(5-3-14(15)8-16)17-7-13(9-24-10-17)11-27-6-4-25-18(27)19(21,22)23/h1-2,4,6-10H,3,5,11-12H2. The summed E-state index contributed by atoms with van der Waals surface area (Å²) in [4.78, 5) is 9.82. The average molecular weight is 393 g/mol. The van der Waals surface area contributed by atoms with Gasteiger partial charge in [0.25, 0.3) is 0 Å². The number of anilines is 1. The van der Waals surface area contributed by atoms with Crippen LogP contribution in [0.2, 0.25) is 5.02 Å². The highest BCUT2D eigenvalue weighted by Crippen LogP contribution is 2.29. The fourth-order valence-electron chi connectivity index (χ4n) is 3.36. The number of nitrogens with zero attached hydrogens (tertiary/aromatic N) is 4. The molecule has 0 fully saturated rings. The van der Waals surface area contributed by atoms with Gasteiger partial charge in [-0.1, -0.05) is 17.7 Å². The van der Waals surface area contributed by atoms with Crippen LogP contribution in [0.15, 0.2) is 49.1 Å². The molecule has 1 aliphatic rings. The Morgan fingerprint density at radius 1 is 1.11 bits per heavy atom. The topological polar surface area (TPSA) is 34.0 Å². The van der Waals surface area contributed by atoms with Gasteiger partial charge in [0.2, 0.25) is 5.82 Å². The predicted octanol–water partition coefficient (Wildman–Crippen LogP) is 4.56. The maximum atomic E-state index is 13.0. The van der Waals surface area contributed by atoms with Gasteiger partial charge in [0.1, 0.15) is 0 Å². The highest BCUT2D eigenvalue weighted by Gasteiger charge is 2.36. The summed E-state index contributed by atoms with van der Waals surface area (Å²) in [7, 11) is 0. The van der Waals surface area contributed by atoms with Crippen LogP contribution in [-0.4, -0.2) is 21.1 Å². The van der Waals surface area contributed by atoms with Crippen molar-refractivity contribution in [1.29, 1.82) is 0 Å². The van der Waals surface area contributed by atoms with E-state index >= 15 is 0 Å². The zero-order valence-electron chi connectivity index (χ0n) is 14.2. The first-order valence-corrected chi connectivity index (χ1v) is 8.82. The molecule has 4 rings (SSSR count). The number of aromatic nitrogens is 3. The average Bonchev–Trinajstić information content (AvgIpc) is 3.10. The minimum atomic E-state index is -4.48. The Balaban J connectivity index is 1.55. The highest BCUT2D eigenvalue weighted by molar-refractivity contribution is 6.30. The third-order valence-corrected chi connectivity index (χ3v) is 4.88. The SMILES string of the molecule is FC(F)(F)c1nccn1Cc1cncc(N2CCc3cc(Cl)ccc3C2)c1. The van der Waals surface area contributed by atoms with E-state index in [2.05, 4.69) is 14.9 Å². The molecule has 1 aromatic carbocycles. The van der Waals surface area contributed by atoms with E-state index in [4.69, 9.17) is 11.6 Å². The number of benzene rings is 1. The van der Waals surface area contributed by atoms with Crippen LogP contribution < -0.4 is 4.90 Å². The minimum Gasteiger partial charge on any atom is -0.366 e. The lowest BCUT2D eigenvalue weighted by molar-refractivity contribution is -0.147. The number of fused-ring (bicyclic) bond motifs is 1. The molecule has 0 spiro atoms. The third kappa shape index (κ3) is 3.78. The number of alkyl halides is 3. The van der Waals surface area contributed by atoms with Crippen LogP contribution >= 0.6 is 11.6 Å². The van der Waals surface area contributed by atoms with Gasteiger partial charge in [0.05, 0.1) is 18.4 Å². The van der Waals surface area contributed by atoms with Crippen molar-refractivity contribution in [2.75, 3.05) is 11.4 Å². The first kappa shape index (κ1) is 17.9. The van der Waals surface area contributed by atoms with Gasteiger partial charge in [-0.25, -0.2) is 4.98 Å². The van der Waals surface area contributed by atoms with Crippen molar-refractivity contribution in [2.45, 2.75) is 25.7 Å². The molecular weight excluding hydrogens is 377 g/mol. The second-order valence-corrected chi connectivity index (χ2v) is 6.95. The molecule has 8 heteroatoms. The molecule has 3 aromatic rings. The van der Waals surface area contributed by atoms with E-state index in [0.29, 0.717) is 5.56 Å². The molecule has 140 valence electrons. The summed E-state index contributed by atoms with van der Waals surface area (Å²) in [6.07, 6.45) is 2.19. The number of rotatable bonds is 3. The molecule has 0 N–H and O–H groups in total. The van der Waals surface area contributed by atoms with E-state index in [1.165, 1.54) is 17.3 Å². The quantitative estimate of drug-likeness (QED) is 0.655. The van der Waals surface area contributed by atoms with Gasteiger partial charge in [-0.05, 0) is 41.3 Å². The van der Waals surface area contributed by atoms with Crippen LogP contribution in [0.25, 0.3) is 0 Å². The number of imidazole rings is 1. The Morgan fingerprint density at radius 3 is 2.78 bits per heavy atom. The number of hydrogen-bond donors (Lipinski definition) is 0. The van der Waals surface area contributed by atoms with E-state index in [1.807, 2.05) is 24.3 Å². The molecule has 0 amide bonds. The summed E-state index contributed by atoms with van der Waals surface area (Å²) in [5.74, 6) is -0.906. The normalized spacial score (nSPS) is 14.3. The summed E-state index contributed by atoms with van der Waals surface area (Å²) in [6, 6.07) is 7.76. The molecule has 0 radical (unpaired) electrons. The van der Waals surface area contributed by atoms with Gasteiger partial charge < -0.3 is 9.47 Å². The molecule has 0 bridgehead atoms. The Bertz CT molecular complexity index is 968. The molecule has 0 atom stereocenters. The fourth-order valence-corrected chi connectivity index (χ4v) is 3.56. The van der Waals surface area contributed by atoms with Crippen molar-refractivity contribution in [3.8, 4) is 0 Å². The lowest BCUT2D eigenvalue weighted by atomic mass is 9.99. The van der Waals surface area contributed by atoms with Crippen molar-refractivity contribution in [1.82, 2.24) is 14.5 Å². The minimum absolute atomic E-state index is 0.0652. The van der Waals surface area contributed by atoms with Gasteiger partial charge >= 0.3 is 6.18 Å². The number of pyridine rings is 1. The molecule has 1 aliphatic heterocycles. The van der Waals surface area contributed by atoms with E-state index in [9.17, 15) is 13.2 Å². The first-order chi connectivity index (χ1) is 12.9. The van der Waals surface area contributed by atoms with Crippen molar-refractivity contribution in [2.24, 2.45) is 0 Å². The van der Waals surface area contributed by atoms with Crippen LogP contribution in [0.3, 0.4) is 0 Å². The molecule has 0 unspecified atom stereocenters. The summed E-state index contributed by atoms with van der Waals surface area (Å²) in [5, 5.41) is 0.728. The van der Waals surface area contributed by atoms with Crippen LogP contribution in [0.1, 0.15) is 22.5 Å². The zero-order chi connectivity index (χ0) is 19.0. The summed E-state index contributed by atoms with van der Waals surface area (Å²) in [6.45, 7) is 1.59. The van der Waals surface area contributed by atoms with Gasteiger partial charge in [0, 0.05) is 36.7 Å². The van der Waals surface area contributed by atoms with Gasteiger partial charge in [-0.3, -0.25) is 4.98 Å². The van der Waals surface area contributed by atoms with Crippen molar-refractivity contribution in [3.05, 3.63) is 76.6 Å².